The molecule has 0 heterocycles. The second-order valence-corrected chi connectivity index (χ2v) is 7.72. The number of hydrogen-bond acceptors (Lipinski definition) is 3. The summed E-state index contributed by atoms with van der Waals surface area (Å²) in [4.78, 5) is 11.8. The highest BCUT2D eigenvalue weighted by molar-refractivity contribution is 7.89. The van der Waals surface area contributed by atoms with Crippen molar-refractivity contribution in [2.75, 3.05) is 6.54 Å². The minimum absolute atomic E-state index is 0.0500. The van der Waals surface area contributed by atoms with Crippen LogP contribution in [-0.2, 0) is 21.4 Å². The maximum absolute atomic E-state index is 12.9. The van der Waals surface area contributed by atoms with Gasteiger partial charge in [-0.15, -0.1) is 0 Å². The van der Waals surface area contributed by atoms with Crippen LogP contribution in [0, 0.1) is 5.82 Å². The Labute approximate surface area is 155 Å². The molecule has 0 radical (unpaired) electrons. The smallest absolute Gasteiger partial charge is 0.240 e. The Morgan fingerprint density at radius 1 is 1.08 bits per heavy atom. The topological polar surface area (TPSA) is 75.3 Å². The normalized spacial score (nSPS) is 11.3. The summed E-state index contributed by atoms with van der Waals surface area (Å²) < 4.78 is 39.4. The predicted octanol–water partition coefficient (Wildman–Crippen LogP) is 3.12. The Morgan fingerprint density at radius 2 is 1.76 bits per heavy atom. The fourth-order valence-corrected chi connectivity index (χ4v) is 3.34. The highest BCUT2D eigenvalue weighted by Gasteiger charge is 2.14. The van der Waals surface area contributed by atoms with E-state index in [2.05, 4.69) is 10.0 Å². The molecule has 0 aliphatic rings. The molecule has 134 valence electrons. The molecule has 1 amide bonds. The van der Waals surface area contributed by atoms with Crippen molar-refractivity contribution >= 4 is 39.1 Å². The number of benzene rings is 2. The van der Waals surface area contributed by atoms with Crippen LogP contribution in [0.5, 0.6) is 0 Å². The fraction of sp³-hybridized carbons (Fsp3) is 0.188. The summed E-state index contributed by atoms with van der Waals surface area (Å²) >= 11 is 11.6. The minimum atomic E-state index is -3.70. The Kier molecular flexibility index (Phi) is 6.78. The van der Waals surface area contributed by atoms with Gasteiger partial charge in [0.15, 0.2) is 0 Å². The van der Waals surface area contributed by atoms with Crippen molar-refractivity contribution in [1.82, 2.24) is 10.0 Å². The lowest BCUT2D eigenvalue weighted by molar-refractivity contribution is -0.121. The number of sulfonamides is 1. The molecule has 2 rings (SSSR count). The monoisotopic (exact) mass is 404 g/mol. The van der Waals surface area contributed by atoms with E-state index in [4.69, 9.17) is 23.2 Å². The summed E-state index contributed by atoms with van der Waals surface area (Å²) in [5.41, 5.74) is 0.568. The van der Waals surface area contributed by atoms with Crippen LogP contribution in [-0.4, -0.2) is 20.9 Å². The van der Waals surface area contributed by atoms with E-state index in [-0.39, 0.29) is 35.3 Å². The highest BCUT2D eigenvalue weighted by Crippen LogP contribution is 2.17. The van der Waals surface area contributed by atoms with Crippen molar-refractivity contribution in [3.05, 3.63) is 63.9 Å². The number of hydrogen-bond donors (Lipinski definition) is 2. The minimum Gasteiger partial charge on any atom is -0.352 e. The van der Waals surface area contributed by atoms with Crippen LogP contribution in [0.1, 0.15) is 12.0 Å². The van der Waals surface area contributed by atoms with Gasteiger partial charge in [-0.3, -0.25) is 4.79 Å². The molecule has 9 heteroatoms. The second kappa shape index (κ2) is 8.62. The molecule has 0 spiro atoms. The van der Waals surface area contributed by atoms with E-state index in [9.17, 15) is 17.6 Å². The number of halogens is 3. The summed E-state index contributed by atoms with van der Waals surface area (Å²) in [7, 11) is -3.70. The standard InChI is InChI=1S/C16H15Cl2FN2O3S/c17-12-2-5-14(6-3-12)25(23,24)21-8-7-16(22)20-10-11-1-4-13(19)9-15(11)18/h1-6,9,21H,7-8,10H2,(H,20,22). The third-order valence-corrected chi connectivity index (χ3v) is 5.34. The largest absolute Gasteiger partial charge is 0.352 e. The van der Waals surface area contributed by atoms with Crippen LogP contribution in [0.2, 0.25) is 10.0 Å². The Balaban J connectivity index is 1.81. The van der Waals surface area contributed by atoms with Gasteiger partial charge >= 0.3 is 0 Å². The van der Waals surface area contributed by atoms with Crippen LogP contribution >= 0.6 is 23.2 Å². The van der Waals surface area contributed by atoms with Gasteiger partial charge in [-0.2, -0.15) is 0 Å². The Morgan fingerprint density at radius 3 is 2.40 bits per heavy atom. The third kappa shape index (κ3) is 5.97. The van der Waals surface area contributed by atoms with E-state index in [1.165, 1.54) is 36.4 Å². The SMILES string of the molecule is O=C(CCNS(=O)(=O)c1ccc(Cl)cc1)NCc1ccc(F)cc1Cl. The van der Waals surface area contributed by atoms with E-state index < -0.39 is 15.8 Å². The molecular formula is C16H15Cl2FN2O3S. The zero-order chi connectivity index (χ0) is 18.4. The van der Waals surface area contributed by atoms with Crippen LogP contribution in [0.15, 0.2) is 47.4 Å². The van der Waals surface area contributed by atoms with Gasteiger partial charge in [0.25, 0.3) is 0 Å². The number of nitrogens with one attached hydrogen (secondary N) is 2. The zero-order valence-electron chi connectivity index (χ0n) is 12.9. The number of carbonyl (C=O) groups excluding carboxylic acids is 1. The zero-order valence-corrected chi connectivity index (χ0v) is 15.3. The van der Waals surface area contributed by atoms with Crippen LogP contribution in [0.25, 0.3) is 0 Å². The summed E-state index contributed by atoms with van der Waals surface area (Å²) in [5.74, 6) is -0.823. The van der Waals surface area contributed by atoms with E-state index in [0.717, 1.165) is 6.07 Å². The average molecular weight is 405 g/mol. The maximum atomic E-state index is 12.9. The summed E-state index contributed by atoms with van der Waals surface area (Å²) in [5, 5.41) is 3.23. The summed E-state index contributed by atoms with van der Waals surface area (Å²) in [6.45, 7) is 0.0653. The first-order valence-corrected chi connectivity index (χ1v) is 9.48. The van der Waals surface area contributed by atoms with Crippen molar-refractivity contribution in [1.29, 1.82) is 0 Å². The number of rotatable bonds is 7. The van der Waals surface area contributed by atoms with Crippen molar-refractivity contribution < 1.29 is 17.6 Å². The average Bonchev–Trinajstić information content (AvgIpc) is 2.54. The number of amides is 1. The van der Waals surface area contributed by atoms with E-state index >= 15 is 0 Å². The fourth-order valence-electron chi connectivity index (χ4n) is 1.94. The molecule has 5 nitrogen and oxygen atoms in total. The third-order valence-electron chi connectivity index (χ3n) is 3.26. The molecular weight excluding hydrogens is 390 g/mol. The van der Waals surface area contributed by atoms with Crippen molar-refractivity contribution in [2.45, 2.75) is 17.9 Å². The van der Waals surface area contributed by atoms with E-state index in [0.29, 0.717) is 10.6 Å². The molecule has 0 bridgehead atoms. The summed E-state index contributed by atoms with van der Waals surface area (Å²) in [6, 6.07) is 9.56. The van der Waals surface area contributed by atoms with Crippen molar-refractivity contribution in [3.8, 4) is 0 Å². The van der Waals surface area contributed by atoms with E-state index in [1.807, 2.05) is 0 Å². The quantitative estimate of drug-likeness (QED) is 0.744. The lowest BCUT2D eigenvalue weighted by Gasteiger charge is -2.09. The lowest BCUT2D eigenvalue weighted by atomic mass is 10.2. The molecule has 0 unspecified atom stereocenters. The van der Waals surface area contributed by atoms with Gasteiger partial charge in [0.1, 0.15) is 5.82 Å². The van der Waals surface area contributed by atoms with Crippen molar-refractivity contribution in [3.63, 3.8) is 0 Å². The maximum Gasteiger partial charge on any atom is 0.240 e. The molecule has 0 saturated heterocycles. The molecule has 0 saturated carbocycles. The first-order chi connectivity index (χ1) is 11.8. The molecule has 2 N–H and O–H groups in total. The molecule has 2 aromatic carbocycles. The van der Waals surface area contributed by atoms with Crippen LogP contribution < -0.4 is 10.0 Å². The van der Waals surface area contributed by atoms with Gasteiger partial charge in [0, 0.05) is 29.6 Å². The molecule has 0 atom stereocenters. The van der Waals surface area contributed by atoms with Gasteiger partial charge in [-0.1, -0.05) is 29.3 Å². The van der Waals surface area contributed by atoms with Gasteiger partial charge in [-0.25, -0.2) is 17.5 Å². The van der Waals surface area contributed by atoms with Crippen molar-refractivity contribution in [2.24, 2.45) is 0 Å². The molecule has 0 aliphatic carbocycles. The van der Waals surface area contributed by atoms with Gasteiger partial charge < -0.3 is 5.32 Å². The first-order valence-electron chi connectivity index (χ1n) is 7.24. The first kappa shape index (κ1) is 19.7. The molecule has 0 aromatic heterocycles. The Bertz CT molecular complexity index is 858. The molecule has 2 aromatic rings. The van der Waals surface area contributed by atoms with Crippen LogP contribution in [0.4, 0.5) is 4.39 Å². The lowest BCUT2D eigenvalue weighted by Crippen LogP contribution is -2.30. The van der Waals surface area contributed by atoms with E-state index in [1.54, 1.807) is 0 Å². The van der Waals surface area contributed by atoms with Gasteiger partial charge in [-0.05, 0) is 42.0 Å². The summed E-state index contributed by atoms with van der Waals surface area (Å²) in [6.07, 6.45) is -0.0500. The molecule has 0 fully saturated rings. The van der Waals surface area contributed by atoms with Gasteiger partial charge in [0.05, 0.1) is 4.90 Å². The Hall–Kier alpha value is -1.67. The second-order valence-electron chi connectivity index (χ2n) is 5.11. The molecule has 25 heavy (non-hydrogen) atoms. The highest BCUT2D eigenvalue weighted by atomic mass is 35.5. The molecule has 0 aliphatic heterocycles. The van der Waals surface area contributed by atoms with Crippen LogP contribution in [0.3, 0.4) is 0 Å². The van der Waals surface area contributed by atoms with Gasteiger partial charge in [0.2, 0.25) is 15.9 Å². The number of carbonyl (C=O) groups is 1. The predicted molar refractivity (Wildman–Crippen MR) is 94.5 cm³/mol.